The van der Waals surface area contributed by atoms with E-state index in [1.54, 1.807) is 0 Å². The summed E-state index contributed by atoms with van der Waals surface area (Å²) in [6.45, 7) is 0.799. The molecule has 1 aliphatic heterocycles. The molecule has 0 unspecified atom stereocenters. The van der Waals surface area contributed by atoms with E-state index in [0.717, 1.165) is 12.2 Å². The molecule has 1 heterocycles. The summed E-state index contributed by atoms with van der Waals surface area (Å²) in [5.74, 6) is 0. The van der Waals surface area contributed by atoms with Gasteiger partial charge in [0.25, 0.3) is 0 Å². The molecule has 0 aliphatic carbocycles. The van der Waals surface area contributed by atoms with Crippen molar-refractivity contribution >= 4 is 23.4 Å². The van der Waals surface area contributed by atoms with Crippen molar-refractivity contribution in [1.82, 2.24) is 10.6 Å². The molecule has 1 saturated heterocycles. The molecule has 0 spiro atoms. The lowest BCUT2D eigenvalue weighted by molar-refractivity contribution is 1.07. The van der Waals surface area contributed by atoms with E-state index in [9.17, 15) is 0 Å². The quantitative estimate of drug-likeness (QED) is 0.656. The normalized spacial score (nSPS) is 18.5. The second-order valence-electron chi connectivity index (χ2n) is 2.89. The molecule has 1 fully saturated rings. The van der Waals surface area contributed by atoms with Gasteiger partial charge in [0.1, 0.15) is 0 Å². The predicted octanol–water partition coefficient (Wildman–Crippen LogP) is 1.51. The lowest BCUT2D eigenvalue weighted by Crippen LogP contribution is -2.19. The first-order valence-corrected chi connectivity index (χ1v) is 4.56. The van der Waals surface area contributed by atoms with E-state index in [2.05, 4.69) is 28.8 Å². The van der Waals surface area contributed by atoms with Crippen LogP contribution in [0.4, 0.5) is 0 Å². The molecule has 3 heteroatoms. The van der Waals surface area contributed by atoms with Gasteiger partial charge in [-0.15, -0.1) is 0 Å². The number of hydrogen-bond acceptors (Lipinski definition) is 1. The molecule has 2 rings (SSSR count). The molecule has 66 valence electrons. The average Bonchev–Trinajstić information content (AvgIpc) is 2.53. The number of rotatable bonds is 1. The summed E-state index contributed by atoms with van der Waals surface area (Å²) >= 11 is 4.95. The summed E-state index contributed by atoms with van der Waals surface area (Å²) in [5.41, 5.74) is 2.31. The minimum atomic E-state index is 0.710. The third kappa shape index (κ3) is 2.06. The largest absolute Gasteiger partial charge is 0.357 e. The van der Waals surface area contributed by atoms with E-state index in [-0.39, 0.29) is 0 Å². The van der Waals surface area contributed by atoms with Crippen LogP contribution in [0.5, 0.6) is 0 Å². The number of hydrogen-bond donors (Lipinski definition) is 2. The molecule has 1 aliphatic rings. The second kappa shape index (κ2) is 3.58. The zero-order valence-corrected chi connectivity index (χ0v) is 7.90. The highest BCUT2D eigenvalue weighted by Gasteiger charge is 2.08. The molecule has 0 aromatic heterocycles. The molecular formula is C10H10N2S. The summed E-state index contributed by atoms with van der Waals surface area (Å²) in [5, 5.41) is 6.84. The van der Waals surface area contributed by atoms with Crippen LogP contribution in [0.1, 0.15) is 5.56 Å². The van der Waals surface area contributed by atoms with Crippen LogP contribution in [0.2, 0.25) is 0 Å². The standard InChI is InChI=1S/C10H10N2S/c13-10-11-7-9(12-10)6-8-4-2-1-3-5-8/h1-6H,7H2,(H2,11,12,13). The fourth-order valence-electron chi connectivity index (χ4n) is 1.25. The van der Waals surface area contributed by atoms with Gasteiger partial charge in [0.2, 0.25) is 0 Å². The molecule has 1 aromatic rings. The van der Waals surface area contributed by atoms with E-state index in [4.69, 9.17) is 12.2 Å². The van der Waals surface area contributed by atoms with E-state index >= 15 is 0 Å². The minimum Gasteiger partial charge on any atom is -0.357 e. The highest BCUT2D eigenvalue weighted by Crippen LogP contribution is 2.05. The smallest absolute Gasteiger partial charge is 0.170 e. The first-order chi connectivity index (χ1) is 6.34. The molecule has 13 heavy (non-hydrogen) atoms. The maximum Gasteiger partial charge on any atom is 0.170 e. The van der Waals surface area contributed by atoms with Gasteiger partial charge in [-0.3, -0.25) is 0 Å². The Morgan fingerprint density at radius 2 is 2.00 bits per heavy atom. The monoisotopic (exact) mass is 190 g/mol. The van der Waals surface area contributed by atoms with Crippen molar-refractivity contribution in [2.24, 2.45) is 0 Å². The van der Waals surface area contributed by atoms with Gasteiger partial charge in [0.05, 0.1) is 6.54 Å². The number of nitrogens with one attached hydrogen (secondary N) is 2. The third-order valence-corrected chi connectivity index (χ3v) is 2.10. The molecule has 0 amide bonds. The average molecular weight is 190 g/mol. The highest BCUT2D eigenvalue weighted by molar-refractivity contribution is 7.80. The van der Waals surface area contributed by atoms with Gasteiger partial charge in [-0.1, -0.05) is 30.3 Å². The highest BCUT2D eigenvalue weighted by atomic mass is 32.1. The number of benzene rings is 1. The maximum atomic E-state index is 4.95. The van der Waals surface area contributed by atoms with Crippen molar-refractivity contribution in [3.63, 3.8) is 0 Å². The molecule has 2 nitrogen and oxygen atoms in total. The number of thiocarbonyl (C=S) groups is 1. The topological polar surface area (TPSA) is 24.1 Å². The lowest BCUT2D eigenvalue weighted by Gasteiger charge is -1.96. The van der Waals surface area contributed by atoms with Crippen LogP contribution in [0.3, 0.4) is 0 Å². The molecule has 1 aromatic carbocycles. The van der Waals surface area contributed by atoms with Crippen LogP contribution < -0.4 is 10.6 Å². The van der Waals surface area contributed by atoms with Crippen molar-refractivity contribution in [2.45, 2.75) is 0 Å². The van der Waals surface area contributed by atoms with E-state index in [0.29, 0.717) is 5.11 Å². The molecular weight excluding hydrogens is 180 g/mol. The maximum absolute atomic E-state index is 4.95. The van der Waals surface area contributed by atoms with Crippen LogP contribution in [0, 0.1) is 0 Å². The molecule has 0 radical (unpaired) electrons. The summed E-state index contributed by atoms with van der Waals surface area (Å²) < 4.78 is 0. The van der Waals surface area contributed by atoms with Gasteiger partial charge >= 0.3 is 0 Å². The van der Waals surface area contributed by atoms with Crippen molar-refractivity contribution in [2.75, 3.05) is 6.54 Å². The first-order valence-electron chi connectivity index (χ1n) is 4.15. The van der Waals surface area contributed by atoms with Gasteiger partial charge in [0.15, 0.2) is 5.11 Å². The Bertz CT molecular complexity index is 343. The molecule has 2 N–H and O–H groups in total. The van der Waals surface area contributed by atoms with Crippen LogP contribution in [0.15, 0.2) is 36.0 Å². The zero-order valence-electron chi connectivity index (χ0n) is 7.08. The van der Waals surface area contributed by atoms with Crippen molar-refractivity contribution < 1.29 is 0 Å². The van der Waals surface area contributed by atoms with Crippen LogP contribution in [-0.2, 0) is 0 Å². The fraction of sp³-hybridized carbons (Fsp3) is 0.100. The lowest BCUT2D eigenvalue weighted by atomic mass is 10.2. The summed E-state index contributed by atoms with van der Waals surface area (Å²) in [6, 6.07) is 10.2. The van der Waals surface area contributed by atoms with Gasteiger partial charge < -0.3 is 10.6 Å². The summed E-state index contributed by atoms with van der Waals surface area (Å²) in [7, 11) is 0. The zero-order chi connectivity index (χ0) is 9.10. The van der Waals surface area contributed by atoms with Gasteiger partial charge in [0, 0.05) is 5.70 Å². The Balaban J connectivity index is 2.17. The molecule has 0 atom stereocenters. The van der Waals surface area contributed by atoms with E-state index < -0.39 is 0 Å². The van der Waals surface area contributed by atoms with Crippen molar-refractivity contribution in [1.29, 1.82) is 0 Å². The van der Waals surface area contributed by atoms with E-state index in [1.165, 1.54) is 5.56 Å². The Hall–Kier alpha value is -1.35. The van der Waals surface area contributed by atoms with Crippen LogP contribution >= 0.6 is 12.2 Å². The fourth-order valence-corrected chi connectivity index (χ4v) is 1.45. The van der Waals surface area contributed by atoms with Crippen LogP contribution in [0.25, 0.3) is 6.08 Å². The molecule has 0 bridgehead atoms. The SMILES string of the molecule is S=C1NCC(=Cc2ccccc2)N1. The summed E-state index contributed by atoms with van der Waals surface area (Å²) in [6.07, 6.45) is 2.09. The second-order valence-corrected chi connectivity index (χ2v) is 3.30. The van der Waals surface area contributed by atoms with Crippen molar-refractivity contribution in [3.05, 3.63) is 41.6 Å². The van der Waals surface area contributed by atoms with Gasteiger partial charge in [-0.2, -0.15) is 0 Å². The van der Waals surface area contributed by atoms with Crippen LogP contribution in [-0.4, -0.2) is 11.7 Å². The first kappa shape index (κ1) is 8.26. The Morgan fingerprint density at radius 1 is 1.23 bits per heavy atom. The summed E-state index contributed by atoms with van der Waals surface area (Å²) in [4.78, 5) is 0. The Kier molecular flexibility index (Phi) is 2.27. The van der Waals surface area contributed by atoms with E-state index in [1.807, 2.05) is 18.2 Å². The van der Waals surface area contributed by atoms with Crippen molar-refractivity contribution in [3.8, 4) is 0 Å². The predicted molar refractivity (Wildman–Crippen MR) is 58.2 cm³/mol. The van der Waals surface area contributed by atoms with Gasteiger partial charge in [-0.05, 0) is 23.9 Å². The molecule has 0 saturated carbocycles. The third-order valence-electron chi connectivity index (χ3n) is 1.85. The Labute approximate surface area is 82.7 Å². The minimum absolute atomic E-state index is 0.710. The van der Waals surface area contributed by atoms with Gasteiger partial charge in [-0.25, -0.2) is 0 Å². The Morgan fingerprint density at radius 3 is 2.62 bits per heavy atom.